The highest BCUT2D eigenvalue weighted by Crippen LogP contribution is 2.08. The van der Waals surface area contributed by atoms with E-state index in [0.29, 0.717) is 11.8 Å². The van der Waals surface area contributed by atoms with Crippen molar-refractivity contribution >= 4 is 28.3 Å². The van der Waals surface area contributed by atoms with Gasteiger partial charge in [-0.05, 0) is 11.8 Å². The lowest BCUT2D eigenvalue weighted by Gasteiger charge is -2.10. The van der Waals surface area contributed by atoms with Crippen LogP contribution in [0, 0.1) is 11.8 Å². The van der Waals surface area contributed by atoms with Crippen LogP contribution in [0.3, 0.4) is 0 Å². The lowest BCUT2D eigenvalue weighted by atomic mass is 10.2. The Bertz CT molecular complexity index is 118. The van der Waals surface area contributed by atoms with Gasteiger partial charge in [0.2, 0.25) is 0 Å². The molecule has 0 aliphatic heterocycles. The van der Waals surface area contributed by atoms with Gasteiger partial charge in [-0.2, -0.15) is 0 Å². The van der Waals surface area contributed by atoms with Crippen LogP contribution in [-0.2, 0) is 0 Å². The van der Waals surface area contributed by atoms with Crippen LogP contribution in [0.4, 0.5) is 0 Å². The normalized spacial score (nSPS) is 10.8. The highest BCUT2D eigenvalue weighted by Gasteiger charge is 2.00. The van der Waals surface area contributed by atoms with Crippen LogP contribution in [0.25, 0.3) is 0 Å². The summed E-state index contributed by atoms with van der Waals surface area (Å²) in [6.07, 6.45) is 0. The molecule has 12 heavy (non-hydrogen) atoms. The number of hydrogen-bond acceptors (Lipinski definition) is 2. The molecule has 0 bridgehead atoms. The quantitative estimate of drug-likeness (QED) is 0.709. The summed E-state index contributed by atoms with van der Waals surface area (Å²) in [6.45, 7) is 9.77. The van der Waals surface area contributed by atoms with Crippen molar-refractivity contribution in [1.29, 1.82) is 0 Å². The third-order valence-electron chi connectivity index (χ3n) is 1.20. The van der Waals surface area contributed by atoms with E-state index in [0.717, 1.165) is 16.6 Å². The maximum absolute atomic E-state index is 5.14. The fraction of sp³-hybridized carbons (Fsp3) is 0.889. The Labute approximate surface area is 85.7 Å². The average Bonchev–Trinajstić information content (AvgIpc) is 1.96. The first-order valence-electron chi connectivity index (χ1n) is 4.43. The predicted octanol–water partition coefficient (Wildman–Crippen LogP) is 2.91. The summed E-state index contributed by atoms with van der Waals surface area (Å²) in [6, 6.07) is 0. The highest BCUT2D eigenvalue weighted by molar-refractivity contribution is 8.22. The molecule has 0 heterocycles. The molecule has 0 saturated carbocycles. The largest absolute Gasteiger partial charge is 0.371 e. The van der Waals surface area contributed by atoms with Crippen LogP contribution in [-0.4, -0.2) is 16.6 Å². The molecule has 0 radical (unpaired) electrons. The zero-order valence-corrected chi connectivity index (χ0v) is 10.0. The zero-order valence-electron chi connectivity index (χ0n) is 8.39. The lowest BCUT2D eigenvalue weighted by Crippen LogP contribution is -2.23. The molecular formula is C9H19NS2. The number of thiocarbonyl (C=S) groups is 1. The molecule has 0 saturated heterocycles. The molecule has 0 aromatic heterocycles. The molecule has 1 N–H and O–H groups in total. The van der Waals surface area contributed by atoms with Crippen LogP contribution in [0.15, 0.2) is 0 Å². The van der Waals surface area contributed by atoms with Crippen molar-refractivity contribution in [3.63, 3.8) is 0 Å². The van der Waals surface area contributed by atoms with E-state index in [1.165, 1.54) is 0 Å². The van der Waals surface area contributed by atoms with Crippen LogP contribution in [0.1, 0.15) is 27.7 Å². The molecule has 0 aromatic rings. The van der Waals surface area contributed by atoms with Gasteiger partial charge in [-0.1, -0.05) is 51.7 Å². The molecule has 0 aliphatic carbocycles. The van der Waals surface area contributed by atoms with E-state index >= 15 is 0 Å². The molecule has 0 spiro atoms. The van der Waals surface area contributed by atoms with Crippen molar-refractivity contribution in [2.75, 3.05) is 12.3 Å². The van der Waals surface area contributed by atoms with Crippen molar-refractivity contribution in [2.45, 2.75) is 27.7 Å². The second-order valence-corrected chi connectivity index (χ2v) is 5.46. The summed E-state index contributed by atoms with van der Waals surface area (Å²) in [4.78, 5) is 0. The molecule has 0 unspecified atom stereocenters. The minimum atomic E-state index is 0.669. The van der Waals surface area contributed by atoms with E-state index in [9.17, 15) is 0 Å². The van der Waals surface area contributed by atoms with E-state index < -0.39 is 0 Å². The number of thioether (sulfide) groups is 1. The van der Waals surface area contributed by atoms with Crippen molar-refractivity contribution < 1.29 is 0 Å². The minimum Gasteiger partial charge on any atom is -0.371 e. The first-order chi connectivity index (χ1) is 5.52. The van der Waals surface area contributed by atoms with E-state index in [1.807, 2.05) is 0 Å². The molecule has 0 fully saturated rings. The van der Waals surface area contributed by atoms with Gasteiger partial charge in [0.25, 0.3) is 0 Å². The molecule has 3 heteroatoms. The van der Waals surface area contributed by atoms with Crippen molar-refractivity contribution in [2.24, 2.45) is 11.8 Å². The smallest absolute Gasteiger partial charge is 0.133 e. The second kappa shape index (κ2) is 6.72. The maximum Gasteiger partial charge on any atom is 0.133 e. The van der Waals surface area contributed by atoms with Crippen molar-refractivity contribution in [3.05, 3.63) is 0 Å². The molecule has 0 aliphatic rings. The second-order valence-electron chi connectivity index (χ2n) is 3.77. The van der Waals surface area contributed by atoms with Crippen molar-refractivity contribution in [1.82, 2.24) is 5.32 Å². The van der Waals surface area contributed by atoms with E-state index in [1.54, 1.807) is 11.8 Å². The van der Waals surface area contributed by atoms with Gasteiger partial charge in [0.15, 0.2) is 0 Å². The first-order valence-corrected chi connectivity index (χ1v) is 5.82. The van der Waals surface area contributed by atoms with Gasteiger partial charge in [0.05, 0.1) is 0 Å². The Morgan fingerprint density at radius 3 is 2.25 bits per heavy atom. The summed E-state index contributed by atoms with van der Waals surface area (Å²) in [5.74, 6) is 2.50. The summed E-state index contributed by atoms with van der Waals surface area (Å²) in [5.41, 5.74) is 0. The fourth-order valence-corrected chi connectivity index (χ4v) is 1.54. The van der Waals surface area contributed by atoms with Crippen LogP contribution >= 0.6 is 24.0 Å². The predicted molar refractivity (Wildman–Crippen MR) is 62.7 cm³/mol. The summed E-state index contributed by atoms with van der Waals surface area (Å²) >= 11 is 6.89. The van der Waals surface area contributed by atoms with Gasteiger partial charge in [0, 0.05) is 12.3 Å². The fourth-order valence-electron chi connectivity index (χ4n) is 0.581. The molecule has 1 nitrogen and oxygen atoms in total. The van der Waals surface area contributed by atoms with Gasteiger partial charge < -0.3 is 5.32 Å². The monoisotopic (exact) mass is 205 g/mol. The minimum absolute atomic E-state index is 0.669. The number of hydrogen-bond donors (Lipinski definition) is 1. The number of rotatable bonds is 4. The van der Waals surface area contributed by atoms with Crippen LogP contribution < -0.4 is 5.32 Å². The molecule has 0 rings (SSSR count). The van der Waals surface area contributed by atoms with Crippen molar-refractivity contribution in [3.8, 4) is 0 Å². The average molecular weight is 205 g/mol. The van der Waals surface area contributed by atoms with E-state index in [4.69, 9.17) is 12.2 Å². The first kappa shape index (κ1) is 12.2. The Morgan fingerprint density at radius 1 is 1.25 bits per heavy atom. The van der Waals surface area contributed by atoms with Gasteiger partial charge in [0.1, 0.15) is 4.32 Å². The Balaban J connectivity index is 3.34. The molecule has 0 amide bonds. The summed E-state index contributed by atoms with van der Waals surface area (Å²) in [7, 11) is 0. The lowest BCUT2D eigenvalue weighted by molar-refractivity contribution is 0.630. The third-order valence-corrected chi connectivity index (χ3v) is 2.94. The van der Waals surface area contributed by atoms with Crippen LogP contribution in [0.5, 0.6) is 0 Å². The summed E-state index contributed by atoms with van der Waals surface area (Å²) < 4.78 is 0.942. The standard InChI is InChI=1S/C9H19NS2/c1-7(2)5-10-9(11)12-6-8(3)4/h7-8H,5-6H2,1-4H3,(H,10,11). The Kier molecular flexibility index (Phi) is 6.86. The number of nitrogens with one attached hydrogen (secondary N) is 1. The van der Waals surface area contributed by atoms with Gasteiger partial charge >= 0.3 is 0 Å². The maximum atomic E-state index is 5.14. The van der Waals surface area contributed by atoms with Gasteiger partial charge in [-0.25, -0.2) is 0 Å². The van der Waals surface area contributed by atoms with E-state index in [2.05, 4.69) is 33.0 Å². The Hall–Kier alpha value is 0.240. The molecule has 72 valence electrons. The molecule has 0 atom stereocenters. The van der Waals surface area contributed by atoms with Crippen LogP contribution in [0.2, 0.25) is 0 Å². The third kappa shape index (κ3) is 8.34. The van der Waals surface area contributed by atoms with E-state index in [-0.39, 0.29) is 0 Å². The Morgan fingerprint density at radius 2 is 1.83 bits per heavy atom. The topological polar surface area (TPSA) is 12.0 Å². The summed E-state index contributed by atoms with van der Waals surface area (Å²) in [5, 5.41) is 3.23. The molecule has 0 aromatic carbocycles. The highest BCUT2D eigenvalue weighted by atomic mass is 32.2. The van der Waals surface area contributed by atoms with Gasteiger partial charge in [-0.3, -0.25) is 0 Å². The SMILES string of the molecule is CC(C)CNC(=S)SCC(C)C. The zero-order chi connectivity index (χ0) is 9.56. The molecular weight excluding hydrogens is 186 g/mol. The van der Waals surface area contributed by atoms with Gasteiger partial charge in [-0.15, -0.1) is 0 Å².